The number of benzene rings is 1. The number of nitrogens with one attached hydrogen (secondary N) is 1. The highest BCUT2D eigenvalue weighted by molar-refractivity contribution is 6.10. The molecule has 0 bridgehead atoms. The number of hydrogen-bond acceptors (Lipinski definition) is 6. The van der Waals surface area contributed by atoms with Gasteiger partial charge in [0.1, 0.15) is 17.7 Å². The number of anilines is 1. The van der Waals surface area contributed by atoms with Gasteiger partial charge in [-0.15, -0.1) is 0 Å². The molecule has 0 spiro atoms. The van der Waals surface area contributed by atoms with Crippen LogP contribution in [0.2, 0.25) is 0 Å². The summed E-state index contributed by atoms with van der Waals surface area (Å²) in [5, 5.41) is 13.6. The number of aromatic nitrogens is 4. The average Bonchev–Trinajstić information content (AvgIpc) is 3.43. The van der Waals surface area contributed by atoms with E-state index in [0.717, 1.165) is 21.4 Å². The Morgan fingerprint density at radius 2 is 2.06 bits per heavy atom. The van der Waals surface area contributed by atoms with Crippen LogP contribution in [-0.2, 0) is 19.7 Å². The van der Waals surface area contributed by atoms with Gasteiger partial charge in [-0.1, -0.05) is 13.8 Å². The van der Waals surface area contributed by atoms with E-state index in [9.17, 15) is 19.5 Å². The van der Waals surface area contributed by atoms with Crippen LogP contribution in [0.1, 0.15) is 51.0 Å². The zero-order valence-electron chi connectivity index (χ0n) is 19.1. The fourth-order valence-electron chi connectivity index (χ4n) is 5.07. The van der Waals surface area contributed by atoms with Gasteiger partial charge in [0.25, 0.3) is 0 Å². The number of imidazole rings is 1. The molecular formula is C23H25N6O5. The number of likely N-dealkylation sites (N-methyl/N-ethyl adjacent to an activating group) is 1. The van der Waals surface area contributed by atoms with E-state index in [1.807, 2.05) is 32.9 Å². The molecular weight excluding hydrogens is 440 g/mol. The van der Waals surface area contributed by atoms with Crippen LogP contribution in [0.3, 0.4) is 0 Å². The second-order valence-corrected chi connectivity index (χ2v) is 8.62. The van der Waals surface area contributed by atoms with E-state index in [4.69, 9.17) is 10.5 Å². The van der Waals surface area contributed by atoms with E-state index in [2.05, 4.69) is 21.1 Å². The molecule has 1 fully saturated rings. The van der Waals surface area contributed by atoms with Crippen LogP contribution in [0.15, 0.2) is 12.1 Å². The van der Waals surface area contributed by atoms with Crippen LogP contribution in [0.5, 0.6) is 0 Å². The molecule has 0 saturated carbocycles. The summed E-state index contributed by atoms with van der Waals surface area (Å²) in [4.78, 5) is 46.2. The molecule has 11 nitrogen and oxygen atoms in total. The van der Waals surface area contributed by atoms with Crippen molar-refractivity contribution in [1.29, 1.82) is 0 Å². The van der Waals surface area contributed by atoms with Gasteiger partial charge in [0.2, 0.25) is 5.91 Å². The van der Waals surface area contributed by atoms with E-state index >= 15 is 0 Å². The predicted octanol–water partition coefficient (Wildman–Crippen LogP) is 2.35. The zero-order chi connectivity index (χ0) is 24.4. The monoisotopic (exact) mass is 465 g/mol. The zero-order valence-corrected chi connectivity index (χ0v) is 19.1. The molecule has 1 aromatic carbocycles. The summed E-state index contributed by atoms with van der Waals surface area (Å²) in [7, 11) is 0. The molecule has 4 N–H and O–H groups in total. The Morgan fingerprint density at radius 1 is 1.32 bits per heavy atom. The van der Waals surface area contributed by atoms with Crippen LogP contribution in [0.25, 0.3) is 22.6 Å². The van der Waals surface area contributed by atoms with Crippen molar-refractivity contribution in [1.82, 2.24) is 19.7 Å². The Bertz CT molecular complexity index is 1340. The molecule has 1 saturated heterocycles. The molecule has 3 aromatic rings. The predicted molar refractivity (Wildman–Crippen MR) is 121 cm³/mol. The average molecular weight is 465 g/mol. The smallest absolute Gasteiger partial charge is 0.339 e. The first-order valence-corrected chi connectivity index (χ1v) is 11.3. The van der Waals surface area contributed by atoms with Crippen LogP contribution in [0, 0.1) is 12.0 Å². The maximum atomic E-state index is 13.2. The first kappa shape index (κ1) is 22.1. The van der Waals surface area contributed by atoms with Crippen LogP contribution < -0.4 is 10.6 Å². The van der Waals surface area contributed by atoms with Gasteiger partial charge in [-0.05, 0) is 37.5 Å². The number of aromatic amines is 1. The third-order valence-electron chi connectivity index (χ3n) is 7.10. The minimum Gasteiger partial charge on any atom is -0.481 e. The maximum absolute atomic E-state index is 13.2. The lowest BCUT2D eigenvalue weighted by Gasteiger charge is -2.33. The number of H-pyrrole nitrogens is 1. The third kappa shape index (κ3) is 2.89. The lowest BCUT2D eigenvalue weighted by molar-refractivity contribution is -0.175. The number of amides is 2. The summed E-state index contributed by atoms with van der Waals surface area (Å²) < 4.78 is 6.28. The Balaban J connectivity index is 1.61. The van der Waals surface area contributed by atoms with E-state index in [0.29, 0.717) is 30.7 Å². The number of ether oxygens (including phenoxy) is 1. The number of carbonyl (C=O) groups excluding carboxylic acids is 2. The number of aliphatic carboxylic acids is 1. The van der Waals surface area contributed by atoms with Gasteiger partial charge in [0.05, 0.1) is 34.4 Å². The van der Waals surface area contributed by atoms with Gasteiger partial charge in [-0.3, -0.25) is 9.59 Å². The highest BCUT2D eigenvalue weighted by Crippen LogP contribution is 2.47. The van der Waals surface area contributed by atoms with E-state index in [1.54, 1.807) is 4.90 Å². The number of rotatable bonds is 6. The molecule has 11 heteroatoms. The van der Waals surface area contributed by atoms with Crippen molar-refractivity contribution >= 4 is 34.6 Å². The van der Waals surface area contributed by atoms with Gasteiger partial charge < -0.3 is 25.5 Å². The highest BCUT2D eigenvalue weighted by Gasteiger charge is 2.48. The lowest BCUT2D eigenvalue weighted by Crippen LogP contribution is -2.40. The summed E-state index contributed by atoms with van der Waals surface area (Å²) in [5.41, 5.74) is 8.40. The Morgan fingerprint density at radius 3 is 2.62 bits per heavy atom. The number of hydrogen-bond donors (Lipinski definition) is 3. The second-order valence-electron chi connectivity index (χ2n) is 8.62. The molecule has 2 atom stereocenters. The maximum Gasteiger partial charge on any atom is 0.339 e. The molecule has 2 aliphatic heterocycles. The molecule has 1 radical (unpaired) electrons. The Labute approximate surface area is 194 Å². The number of carbonyl (C=O) groups is 3. The fourth-order valence-corrected chi connectivity index (χ4v) is 5.07. The molecule has 34 heavy (non-hydrogen) atoms. The number of carboxylic acid groups (broad SMARTS) is 1. The molecule has 2 aromatic heterocycles. The quantitative estimate of drug-likeness (QED) is 0.504. The van der Waals surface area contributed by atoms with Crippen molar-refractivity contribution in [2.45, 2.75) is 45.1 Å². The van der Waals surface area contributed by atoms with Crippen molar-refractivity contribution < 1.29 is 24.2 Å². The molecule has 2 amide bonds. The van der Waals surface area contributed by atoms with Crippen molar-refractivity contribution in [2.75, 3.05) is 18.1 Å². The number of nitrogens with zero attached hydrogens (tertiary/aromatic N) is 4. The van der Waals surface area contributed by atoms with E-state index < -0.39 is 29.4 Å². The first-order chi connectivity index (χ1) is 16.2. The van der Waals surface area contributed by atoms with Crippen molar-refractivity contribution in [3.8, 4) is 11.5 Å². The van der Waals surface area contributed by atoms with Crippen LogP contribution in [0.4, 0.5) is 10.5 Å². The van der Waals surface area contributed by atoms with Crippen molar-refractivity contribution in [3.63, 3.8) is 0 Å². The lowest BCUT2D eigenvalue weighted by atomic mass is 9.77. The normalized spacial score (nSPS) is 21.0. The third-order valence-corrected chi connectivity index (χ3v) is 7.10. The van der Waals surface area contributed by atoms with Crippen molar-refractivity contribution in [2.24, 2.45) is 11.7 Å². The molecule has 5 rings (SSSR count). The van der Waals surface area contributed by atoms with E-state index in [1.165, 1.54) is 0 Å². The van der Waals surface area contributed by atoms with Crippen molar-refractivity contribution in [3.05, 3.63) is 29.5 Å². The standard InChI is InChI=1S/C23H25N6O5/c1-4-23(5-2)12-7-13-14(8-16(12)28(6-3)21(23)32)26-19(25-13)15-9-17(29(27-15)22(24)33)18-11(10-34-18)20(30)31/h7-8,11,18H,4-6,10H2,1-3H3,(H2,24,33)(H,25,26)(H,30,31). The summed E-state index contributed by atoms with van der Waals surface area (Å²) in [6.45, 7) is 6.58. The Hall–Kier alpha value is -3.73. The topological polar surface area (TPSA) is 156 Å². The summed E-state index contributed by atoms with van der Waals surface area (Å²) >= 11 is 0. The van der Waals surface area contributed by atoms with Gasteiger partial charge in [0.15, 0.2) is 5.82 Å². The number of primary amides is 1. The molecule has 4 heterocycles. The number of nitrogens with two attached hydrogens (primary N) is 1. The largest absolute Gasteiger partial charge is 0.481 e. The van der Waals surface area contributed by atoms with E-state index in [-0.39, 0.29) is 23.9 Å². The first-order valence-electron chi connectivity index (χ1n) is 11.3. The molecule has 2 aliphatic rings. The van der Waals surface area contributed by atoms with Gasteiger partial charge in [0, 0.05) is 12.6 Å². The summed E-state index contributed by atoms with van der Waals surface area (Å²) in [6, 6.07) is 5.93. The minimum atomic E-state index is -1.04. The number of fused-ring (bicyclic) bond motifs is 2. The van der Waals surface area contributed by atoms with Gasteiger partial charge >= 0.3 is 12.0 Å². The summed E-state index contributed by atoms with van der Waals surface area (Å²) in [6.07, 6.45) is 0.494. The van der Waals surface area contributed by atoms with Crippen LogP contribution in [-0.4, -0.2) is 55.9 Å². The molecule has 0 aliphatic carbocycles. The van der Waals surface area contributed by atoms with Gasteiger partial charge in [-0.2, -0.15) is 9.78 Å². The Kier molecular flexibility index (Phi) is 4.97. The second kappa shape index (κ2) is 7.66. The minimum absolute atomic E-state index is 0.0343. The van der Waals surface area contributed by atoms with Crippen LogP contribution >= 0.6 is 0 Å². The fraction of sp³-hybridized carbons (Fsp3) is 0.435. The molecule has 177 valence electrons. The summed E-state index contributed by atoms with van der Waals surface area (Å²) in [5.74, 6) is -1.40. The highest BCUT2D eigenvalue weighted by atomic mass is 16.5. The van der Waals surface area contributed by atoms with Gasteiger partial charge in [-0.25, -0.2) is 9.78 Å². The number of carboxylic acids is 1. The SMILES string of the molecule is CCN1C(=O)C(CC)(CC)c2cc3[nH]c(-c4[c]c(C5OCC5C(=O)O)n(C(N)=O)n4)nc3cc21. The molecule has 2 unspecified atom stereocenters.